The van der Waals surface area contributed by atoms with Gasteiger partial charge in [-0.3, -0.25) is 0 Å². The summed E-state index contributed by atoms with van der Waals surface area (Å²) in [6.07, 6.45) is 0. The fourth-order valence-corrected chi connectivity index (χ4v) is 0.501. The standard InChI is InChI=1S/C7H9N3/c1-5(2)7(10)6(3-8)4-9/h5-6,10H,1-2H3. The predicted molar refractivity (Wildman–Crippen MR) is 37.3 cm³/mol. The van der Waals surface area contributed by atoms with E-state index in [-0.39, 0.29) is 11.6 Å². The summed E-state index contributed by atoms with van der Waals surface area (Å²) in [7, 11) is 0. The number of hydrogen-bond acceptors (Lipinski definition) is 3. The van der Waals surface area contributed by atoms with E-state index >= 15 is 0 Å². The van der Waals surface area contributed by atoms with Crippen molar-refractivity contribution in [2.75, 3.05) is 0 Å². The topological polar surface area (TPSA) is 71.4 Å². The lowest BCUT2D eigenvalue weighted by atomic mass is 9.97. The Bertz CT molecular complexity index is 190. The monoisotopic (exact) mass is 135 g/mol. The molecule has 0 aromatic carbocycles. The second kappa shape index (κ2) is 3.63. The summed E-state index contributed by atoms with van der Waals surface area (Å²) in [6.45, 7) is 3.59. The van der Waals surface area contributed by atoms with Gasteiger partial charge in [-0.05, 0) is 5.92 Å². The first-order valence-electron chi connectivity index (χ1n) is 3.01. The maximum atomic E-state index is 8.33. The van der Waals surface area contributed by atoms with Crippen molar-refractivity contribution in [2.24, 2.45) is 11.8 Å². The van der Waals surface area contributed by atoms with E-state index in [4.69, 9.17) is 15.9 Å². The van der Waals surface area contributed by atoms with Crippen LogP contribution >= 0.6 is 0 Å². The van der Waals surface area contributed by atoms with Gasteiger partial charge in [-0.15, -0.1) is 0 Å². The van der Waals surface area contributed by atoms with Crippen LogP contribution in [0.25, 0.3) is 0 Å². The Morgan fingerprint density at radius 2 is 1.70 bits per heavy atom. The zero-order valence-corrected chi connectivity index (χ0v) is 6.05. The molecule has 0 saturated carbocycles. The summed E-state index contributed by atoms with van der Waals surface area (Å²) in [6, 6.07) is 3.49. The molecule has 0 aliphatic rings. The molecule has 1 N–H and O–H groups in total. The van der Waals surface area contributed by atoms with E-state index in [1.54, 1.807) is 26.0 Å². The summed E-state index contributed by atoms with van der Waals surface area (Å²) in [5.74, 6) is -0.871. The van der Waals surface area contributed by atoms with E-state index < -0.39 is 5.92 Å². The zero-order chi connectivity index (χ0) is 8.15. The quantitative estimate of drug-likeness (QED) is 0.580. The molecule has 0 bridgehead atoms. The fraction of sp³-hybridized carbons (Fsp3) is 0.571. The van der Waals surface area contributed by atoms with Gasteiger partial charge in [-0.2, -0.15) is 10.5 Å². The Labute approximate surface area is 60.4 Å². The van der Waals surface area contributed by atoms with Gasteiger partial charge in [0.15, 0.2) is 5.92 Å². The lowest BCUT2D eigenvalue weighted by molar-refractivity contribution is 0.832. The molecule has 0 atom stereocenters. The van der Waals surface area contributed by atoms with E-state index in [9.17, 15) is 0 Å². The second-order valence-corrected chi connectivity index (χ2v) is 2.30. The van der Waals surface area contributed by atoms with Gasteiger partial charge in [-0.1, -0.05) is 13.8 Å². The average Bonchev–Trinajstić information content (AvgIpc) is 1.90. The van der Waals surface area contributed by atoms with Crippen LogP contribution < -0.4 is 0 Å². The van der Waals surface area contributed by atoms with Crippen molar-refractivity contribution >= 4 is 5.71 Å². The number of nitrogens with one attached hydrogen (secondary N) is 1. The van der Waals surface area contributed by atoms with Crippen LogP contribution in [0.15, 0.2) is 0 Å². The highest BCUT2D eigenvalue weighted by atomic mass is 14.5. The first-order valence-corrected chi connectivity index (χ1v) is 3.01. The molecule has 0 fully saturated rings. The number of nitrogens with zero attached hydrogens (tertiary/aromatic N) is 2. The summed E-state index contributed by atoms with van der Waals surface area (Å²) in [5.41, 5.74) is 0.199. The van der Waals surface area contributed by atoms with E-state index in [1.807, 2.05) is 0 Å². The van der Waals surface area contributed by atoms with Crippen LogP contribution in [-0.4, -0.2) is 5.71 Å². The van der Waals surface area contributed by atoms with Gasteiger partial charge in [0.2, 0.25) is 0 Å². The van der Waals surface area contributed by atoms with Crippen LogP contribution in [-0.2, 0) is 0 Å². The molecule has 0 aliphatic heterocycles. The molecular weight excluding hydrogens is 126 g/mol. The number of nitriles is 2. The maximum absolute atomic E-state index is 8.33. The number of hydrogen-bond donors (Lipinski definition) is 1. The molecule has 0 unspecified atom stereocenters. The smallest absolute Gasteiger partial charge is 0.170 e. The van der Waals surface area contributed by atoms with Crippen molar-refractivity contribution < 1.29 is 0 Å². The summed E-state index contributed by atoms with van der Waals surface area (Å²) in [5, 5.41) is 23.9. The minimum Gasteiger partial charge on any atom is -0.307 e. The summed E-state index contributed by atoms with van der Waals surface area (Å²) >= 11 is 0. The lowest BCUT2D eigenvalue weighted by Gasteiger charge is -2.05. The van der Waals surface area contributed by atoms with Crippen LogP contribution in [0.3, 0.4) is 0 Å². The minimum atomic E-state index is -0.861. The molecule has 3 heteroatoms. The SMILES string of the molecule is CC(C)C(=N)C(C#N)C#N. The van der Waals surface area contributed by atoms with Crippen LogP contribution in [0.4, 0.5) is 0 Å². The largest absolute Gasteiger partial charge is 0.307 e. The molecule has 0 saturated heterocycles. The molecule has 0 rings (SSSR count). The van der Waals surface area contributed by atoms with Gasteiger partial charge >= 0.3 is 0 Å². The fourth-order valence-electron chi connectivity index (χ4n) is 0.501. The number of rotatable bonds is 2. The highest BCUT2D eigenvalue weighted by molar-refractivity contribution is 5.89. The van der Waals surface area contributed by atoms with E-state index in [0.717, 1.165) is 0 Å². The second-order valence-electron chi connectivity index (χ2n) is 2.30. The molecule has 0 spiro atoms. The first kappa shape index (κ1) is 8.65. The molecule has 0 amide bonds. The van der Waals surface area contributed by atoms with E-state index in [2.05, 4.69) is 0 Å². The minimum absolute atomic E-state index is 0.00991. The van der Waals surface area contributed by atoms with Gasteiger partial charge in [0.1, 0.15) is 0 Å². The summed E-state index contributed by atoms with van der Waals surface area (Å²) in [4.78, 5) is 0. The van der Waals surface area contributed by atoms with E-state index in [0.29, 0.717) is 0 Å². The summed E-state index contributed by atoms with van der Waals surface area (Å²) < 4.78 is 0. The van der Waals surface area contributed by atoms with Crippen LogP contribution in [0, 0.1) is 39.9 Å². The Morgan fingerprint density at radius 3 is 1.80 bits per heavy atom. The first-order chi connectivity index (χ1) is 4.63. The van der Waals surface area contributed by atoms with Crippen molar-refractivity contribution in [1.29, 1.82) is 15.9 Å². The van der Waals surface area contributed by atoms with Crippen molar-refractivity contribution in [3.05, 3.63) is 0 Å². The van der Waals surface area contributed by atoms with Crippen molar-refractivity contribution in [1.82, 2.24) is 0 Å². The maximum Gasteiger partial charge on any atom is 0.170 e. The third-order valence-electron chi connectivity index (χ3n) is 1.19. The molecule has 3 nitrogen and oxygen atoms in total. The Balaban J connectivity index is 4.24. The lowest BCUT2D eigenvalue weighted by Crippen LogP contribution is -2.15. The van der Waals surface area contributed by atoms with Crippen LogP contribution in [0.1, 0.15) is 13.8 Å². The molecule has 0 aliphatic carbocycles. The molecule has 0 radical (unpaired) electrons. The zero-order valence-electron chi connectivity index (χ0n) is 6.05. The van der Waals surface area contributed by atoms with Gasteiger partial charge in [0.25, 0.3) is 0 Å². The van der Waals surface area contributed by atoms with E-state index in [1.165, 1.54) is 0 Å². The van der Waals surface area contributed by atoms with Gasteiger partial charge in [0, 0.05) is 5.71 Å². The third-order valence-corrected chi connectivity index (χ3v) is 1.19. The highest BCUT2D eigenvalue weighted by Crippen LogP contribution is 2.04. The predicted octanol–water partition coefficient (Wildman–Crippen LogP) is 1.33. The molecule has 10 heavy (non-hydrogen) atoms. The van der Waals surface area contributed by atoms with Gasteiger partial charge in [-0.25, -0.2) is 0 Å². The molecule has 0 heterocycles. The average molecular weight is 135 g/mol. The highest BCUT2D eigenvalue weighted by Gasteiger charge is 2.14. The van der Waals surface area contributed by atoms with Crippen LogP contribution in [0.2, 0.25) is 0 Å². The van der Waals surface area contributed by atoms with Crippen molar-refractivity contribution in [3.63, 3.8) is 0 Å². The Hall–Kier alpha value is -1.35. The third kappa shape index (κ3) is 1.87. The van der Waals surface area contributed by atoms with Crippen molar-refractivity contribution in [3.8, 4) is 12.1 Å². The molecule has 0 aromatic heterocycles. The van der Waals surface area contributed by atoms with Gasteiger partial charge in [0.05, 0.1) is 12.1 Å². The van der Waals surface area contributed by atoms with Crippen LogP contribution in [0.5, 0.6) is 0 Å². The molecule has 52 valence electrons. The van der Waals surface area contributed by atoms with Crippen molar-refractivity contribution in [2.45, 2.75) is 13.8 Å². The Morgan fingerprint density at radius 1 is 1.30 bits per heavy atom. The Kier molecular flexibility index (Phi) is 3.14. The molecular formula is C7H9N3. The normalized spacial score (nSPS) is 9.00. The molecule has 0 aromatic rings. The van der Waals surface area contributed by atoms with Gasteiger partial charge < -0.3 is 5.41 Å².